The zero-order valence-corrected chi connectivity index (χ0v) is 12.7. The lowest BCUT2D eigenvalue weighted by Gasteiger charge is -2.53. The standard InChI is InChI=1S/C17H27NO/c1-5-11-18-15-12-16(17(15,4)6-2)19-14-9-7-13(3)8-10-14/h7-10,15-16,18H,5-6,11-12H2,1-4H3. The number of rotatable bonds is 6. The van der Waals surface area contributed by atoms with Crippen LogP contribution in [0.4, 0.5) is 0 Å². The SMILES string of the molecule is CCCNC1CC(Oc2ccc(C)cc2)C1(C)CC. The van der Waals surface area contributed by atoms with Crippen molar-refractivity contribution in [3.05, 3.63) is 29.8 Å². The molecule has 19 heavy (non-hydrogen) atoms. The molecule has 0 heterocycles. The fourth-order valence-corrected chi connectivity index (χ4v) is 2.89. The molecular formula is C17H27NO. The number of benzene rings is 1. The summed E-state index contributed by atoms with van der Waals surface area (Å²) in [6, 6.07) is 9.00. The highest BCUT2D eigenvalue weighted by Gasteiger charge is 2.51. The van der Waals surface area contributed by atoms with E-state index < -0.39 is 0 Å². The molecule has 1 saturated carbocycles. The van der Waals surface area contributed by atoms with E-state index in [0.717, 1.165) is 25.1 Å². The van der Waals surface area contributed by atoms with Gasteiger partial charge in [0.2, 0.25) is 0 Å². The van der Waals surface area contributed by atoms with Gasteiger partial charge in [-0.05, 0) is 38.4 Å². The van der Waals surface area contributed by atoms with Crippen LogP contribution in [0.3, 0.4) is 0 Å². The molecular weight excluding hydrogens is 234 g/mol. The van der Waals surface area contributed by atoms with Crippen molar-refractivity contribution in [3.8, 4) is 5.75 Å². The third kappa shape index (κ3) is 2.94. The van der Waals surface area contributed by atoms with Crippen molar-refractivity contribution < 1.29 is 4.74 Å². The third-order valence-electron chi connectivity index (χ3n) is 4.68. The van der Waals surface area contributed by atoms with Gasteiger partial charge >= 0.3 is 0 Å². The van der Waals surface area contributed by atoms with E-state index in [1.807, 2.05) is 0 Å². The van der Waals surface area contributed by atoms with Crippen LogP contribution < -0.4 is 10.1 Å². The lowest BCUT2D eigenvalue weighted by atomic mass is 9.61. The normalized spacial score (nSPS) is 29.9. The first-order valence-electron chi connectivity index (χ1n) is 7.57. The van der Waals surface area contributed by atoms with Gasteiger partial charge < -0.3 is 10.1 Å². The topological polar surface area (TPSA) is 21.3 Å². The second-order valence-electron chi connectivity index (χ2n) is 6.02. The zero-order chi connectivity index (χ0) is 13.9. The Morgan fingerprint density at radius 3 is 2.53 bits per heavy atom. The van der Waals surface area contributed by atoms with E-state index in [-0.39, 0.29) is 5.41 Å². The molecule has 0 saturated heterocycles. The van der Waals surface area contributed by atoms with Crippen molar-refractivity contribution in [2.75, 3.05) is 6.54 Å². The monoisotopic (exact) mass is 261 g/mol. The number of hydrogen-bond acceptors (Lipinski definition) is 2. The Morgan fingerprint density at radius 2 is 1.95 bits per heavy atom. The molecule has 3 unspecified atom stereocenters. The summed E-state index contributed by atoms with van der Waals surface area (Å²) >= 11 is 0. The van der Waals surface area contributed by atoms with Gasteiger partial charge in [0.1, 0.15) is 11.9 Å². The fourth-order valence-electron chi connectivity index (χ4n) is 2.89. The Kier molecular flexibility index (Phi) is 4.51. The second kappa shape index (κ2) is 5.96. The molecule has 0 spiro atoms. The molecule has 1 aromatic rings. The second-order valence-corrected chi connectivity index (χ2v) is 6.02. The van der Waals surface area contributed by atoms with Crippen LogP contribution in [-0.4, -0.2) is 18.7 Å². The van der Waals surface area contributed by atoms with Crippen molar-refractivity contribution in [2.45, 2.75) is 59.1 Å². The molecule has 0 bridgehead atoms. The van der Waals surface area contributed by atoms with E-state index in [1.165, 1.54) is 12.0 Å². The van der Waals surface area contributed by atoms with Crippen LogP contribution in [0, 0.1) is 12.3 Å². The first-order chi connectivity index (χ1) is 9.10. The summed E-state index contributed by atoms with van der Waals surface area (Å²) in [5.41, 5.74) is 1.54. The first kappa shape index (κ1) is 14.4. The molecule has 3 atom stereocenters. The van der Waals surface area contributed by atoms with Gasteiger partial charge in [0, 0.05) is 17.9 Å². The Balaban J connectivity index is 1.96. The lowest BCUT2D eigenvalue weighted by molar-refractivity contribution is -0.0701. The van der Waals surface area contributed by atoms with Gasteiger partial charge in [0.05, 0.1) is 0 Å². The molecule has 0 aliphatic heterocycles. The van der Waals surface area contributed by atoms with Gasteiger partial charge in [-0.15, -0.1) is 0 Å². The Labute approximate surface area is 117 Å². The third-order valence-corrected chi connectivity index (χ3v) is 4.68. The van der Waals surface area contributed by atoms with Crippen molar-refractivity contribution in [1.82, 2.24) is 5.32 Å². The summed E-state index contributed by atoms with van der Waals surface area (Å²) in [7, 11) is 0. The molecule has 0 radical (unpaired) electrons. The molecule has 1 aliphatic rings. The minimum atomic E-state index is 0.264. The van der Waals surface area contributed by atoms with Gasteiger partial charge in [-0.2, -0.15) is 0 Å². The number of nitrogens with one attached hydrogen (secondary N) is 1. The van der Waals surface area contributed by atoms with Gasteiger partial charge in [-0.1, -0.05) is 38.5 Å². The summed E-state index contributed by atoms with van der Waals surface area (Å²) in [5.74, 6) is 1.00. The highest BCUT2D eigenvalue weighted by atomic mass is 16.5. The number of ether oxygens (including phenoxy) is 1. The maximum Gasteiger partial charge on any atom is 0.119 e. The van der Waals surface area contributed by atoms with Crippen LogP contribution in [0.2, 0.25) is 0 Å². The molecule has 1 fully saturated rings. The fraction of sp³-hybridized carbons (Fsp3) is 0.647. The molecule has 0 aromatic heterocycles. The Hall–Kier alpha value is -1.02. The molecule has 1 N–H and O–H groups in total. The van der Waals surface area contributed by atoms with E-state index in [9.17, 15) is 0 Å². The van der Waals surface area contributed by atoms with Crippen molar-refractivity contribution in [2.24, 2.45) is 5.41 Å². The molecule has 2 nitrogen and oxygen atoms in total. The maximum absolute atomic E-state index is 6.18. The van der Waals surface area contributed by atoms with Crippen molar-refractivity contribution in [3.63, 3.8) is 0 Å². The van der Waals surface area contributed by atoms with E-state index in [2.05, 4.69) is 57.3 Å². The van der Waals surface area contributed by atoms with Crippen LogP contribution in [0.15, 0.2) is 24.3 Å². The van der Waals surface area contributed by atoms with E-state index in [1.54, 1.807) is 0 Å². The Bertz CT molecular complexity index is 400. The van der Waals surface area contributed by atoms with Crippen LogP contribution in [0.5, 0.6) is 5.75 Å². The molecule has 106 valence electrons. The van der Waals surface area contributed by atoms with Gasteiger partial charge in [0.25, 0.3) is 0 Å². The summed E-state index contributed by atoms with van der Waals surface area (Å²) in [5, 5.41) is 3.66. The largest absolute Gasteiger partial charge is 0.490 e. The van der Waals surface area contributed by atoms with Crippen LogP contribution >= 0.6 is 0 Å². The predicted molar refractivity (Wildman–Crippen MR) is 80.7 cm³/mol. The summed E-state index contributed by atoms with van der Waals surface area (Å²) in [6.07, 6.45) is 3.82. The molecule has 2 heteroatoms. The quantitative estimate of drug-likeness (QED) is 0.837. The summed E-state index contributed by atoms with van der Waals surface area (Å²) in [6.45, 7) is 10.1. The minimum absolute atomic E-state index is 0.264. The number of aryl methyl sites for hydroxylation is 1. The maximum atomic E-state index is 6.18. The smallest absolute Gasteiger partial charge is 0.119 e. The predicted octanol–water partition coefficient (Wildman–Crippen LogP) is 3.93. The van der Waals surface area contributed by atoms with E-state index in [0.29, 0.717) is 12.1 Å². The minimum Gasteiger partial charge on any atom is -0.490 e. The zero-order valence-electron chi connectivity index (χ0n) is 12.7. The highest BCUT2D eigenvalue weighted by Crippen LogP contribution is 2.46. The molecule has 1 aliphatic carbocycles. The van der Waals surface area contributed by atoms with Crippen LogP contribution in [0.25, 0.3) is 0 Å². The molecule has 0 amide bonds. The highest BCUT2D eigenvalue weighted by molar-refractivity contribution is 5.27. The average molecular weight is 261 g/mol. The Morgan fingerprint density at radius 1 is 1.26 bits per heavy atom. The average Bonchev–Trinajstić information content (AvgIpc) is 2.43. The summed E-state index contributed by atoms with van der Waals surface area (Å²) in [4.78, 5) is 0. The van der Waals surface area contributed by atoms with Crippen LogP contribution in [-0.2, 0) is 0 Å². The van der Waals surface area contributed by atoms with Gasteiger partial charge in [-0.3, -0.25) is 0 Å². The number of hydrogen-bond donors (Lipinski definition) is 1. The summed E-state index contributed by atoms with van der Waals surface area (Å²) < 4.78 is 6.18. The van der Waals surface area contributed by atoms with Gasteiger partial charge in [-0.25, -0.2) is 0 Å². The first-order valence-corrected chi connectivity index (χ1v) is 7.57. The van der Waals surface area contributed by atoms with Crippen molar-refractivity contribution in [1.29, 1.82) is 0 Å². The molecule has 2 rings (SSSR count). The van der Waals surface area contributed by atoms with Crippen LogP contribution in [0.1, 0.15) is 45.6 Å². The van der Waals surface area contributed by atoms with E-state index >= 15 is 0 Å². The molecule has 1 aromatic carbocycles. The lowest BCUT2D eigenvalue weighted by Crippen LogP contribution is -2.63. The van der Waals surface area contributed by atoms with Gasteiger partial charge in [0.15, 0.2) is 0 Å². The van der Waals surface area contributed by atoms with E-state index in [4.69, 9.17) is 4.74 Å². The van der Waals surface area contributed by atoms with Crippen molar-refractivity contribution >= 4 is 0 Å².